The first-order valence-electron chi connectivity index (χ1n) is 26.5. The predicted octanol–water partition coefficient (Wildman–Crippen LogP) is 17.8. The maximum absolute atomic E-state index is 12.8. The van der Waals surface area contributed by atoms with Gasteiger partial charge in [-0.25, -0.2) is 0 Å². The second-order valence-electron chi connectivity index (χ2n) is 17.8. The summed E-state index contributed by atoms with van der Waals surface area (Å²) in [7, 11) is 0. The number of hydrogen-bond acceptors (Lipinski definition) is 5. The Hall–Kier alpha value is -1.88. The summed E-state index contributed by atoms with van der Waals surface area (Å²) in [5, 5.41) is 0. The summed E-state index contributed by atoms with van der Waals surface area (Å²) < 4.78 is 17.4. The van der Waals surface area contributed by atoms with Gasteiger partial charge in [-0.15, -0.1) is 0 Å². The van der Waals surface area contributed by atoms with Crippen molar-refractivity contribution in [1.29, 1.82) is 0 Å². The third-order valence-electron chi connectivity index (χ3n) is 11.6. The third-order valence-corrected chi connectivity index (χ3v) is 11.6. The van der Waals surface area contributed by atoms with Gasteiger partial charge in [-0.05, 0) is 70.6 Å². The van der Waals surface area contributed by atoms with Gasteiger partial charge in [0.15, 0.2) is 6.10 Å². The molecule has 5 nitrogen and oxygen atoms in total. The summed E-state index contributed by atoms with van der Waals surface area (Å²) in [5.74, 6) is -0.393. The Labute approximate surface area is 374 Å². The van der Waals surface area contributed by atoms with E-state index in [2.05, 4.69) is 57.2 Å². The van der Waals surface area contributed by atoms with Crippen molar-refractivity contribution in [1.82, 2.24) is 0 Å². The van der Waals surface area contributed by atoms with E-state index in [1.807, 2.05) is 0 Å². The molecule has 0 spiro atoms. The topological polar surface area (TPSA) is 61.8 Å². The molecular weight excluding hydrogens is 741 g/mol. The third kappa shape index (κ3) is 48.8. The zero-order chi connectivity index (χ0) is 43.5. The van der Waals surface area contributed by atoms with Gasteiger partial charge in [-0.1, -0.05) is 231 Å². The van der Waals surface area contributed by atoms with Crippen LogP contribution in [-0.4, -0.2) is 37.9 Å². The molecule has 0 N–H and O–H groups in total. The van der Waals surface area contributed by atoms with Gasteiger partial charge in [0.1, 0.15) is 6.61 Å². The lowest BCUT2D eigenvalue weighted by Crippen LogP contribution is -2.30. The SMILES string of the molecule is CCC/C=C\C/C=C\CCCCCCCCOCC(COC(=O)CCCCCCCCCCC/C=C\CCCCCCCC)OC(=O)CCCCCCCCCCCCC. The van der Waals surface area contributed by atoms with Gasteiger partial charge in [0.05, 0.1) is 6.61 Å². The lowest BCUT2D eigenvalue weighted by atomic mass is 10.1. The first-order chi connectivity index (χ1) is 29.6. The summed E-state index contributed by atoms with van der Waals surface area (Å²) in [6, 6.07) is 0. The van der Waals surface area contributed by atoms with Crippen LogP contribution in [0.5, 0.6) is 0 Å². The van der Waals surface area contributed by atoms with Crippen molar-refractivity contribution < 1.29 is 23.8 Å². The van der Waals surface area contributed by atoms with Crippen LogP contribution in [0.25, 0.3) is 0 Å². The Bertz CT molecular complexity index is 955. The van der Waals surface area contributed by atoms with Gasteiger partial charge in [0, 0.05) is 19.4 Å². The van der Waals surface area contributed by atoms with Crippen molar-refractivity contribution in [3.05, 3.63) is 36.5 Å². The van der Waals surface area contributed by atoms with Crippen molar-refractivity contribution in [2.24, 2.45) is 0 Å². The van der Waals surface area contributed by atoms with Gasteiger partial charge < -0.3 is 14.2 Å². The number of carbonyl (C=O) groups excluding carboxylic acids is 2. The molecule has 0 fully saturated rings. The molecule has 0 aromatic carbocycles. The number of carbonyl (C=O) groups is 2. The highest BCUT2D eigenvalue weighted by Crippen LogP contribution is 2.15. The molecular formula is C55H102O5. The molecule has 352 valence electrons. The van der Waals surface area contributed by atoms with Crippen LogP contribution in [0.15, 0.2) is 36.5 Å². The van der Waals surface area contributed by atoms with Crippen molar-refractivity contribution in [3.63, 3.8) is 0 Å². The number of rotatable bonds is 49. The summed E-state index contributed by atoms with van der Waals surface area (Å²) in [5.41, 5.74) is 0. The molecule has 0 rings (SSSR count). The van der Waals surface area contributed by atoms with E-state index >= 15 is 0 Å². The van der Waals surface area contributed by atoms with Crippen molar-refractivity contribution in [3.8, 4) is 0 Å². The molecule has 0 aromatic rings. The van der Waals surface area contributed by atoms with Gasteiger partial charge in [-0.3, -0.25) is 9.59 Å². The Kier molecular flexibility index (Phi) is 49.9. The van der Waals surface area contributed by atoms with E-state index in [4.69, 9.17) is 14.2 Å². The van der Waals surface area contributed by atoms with Crippen LogP contribution < -0.4 is 0 Å². The molecule has 0 aliphatic carbocycles. The smallest absolute Gasteiger partial charge is 0.306 e. The van der Waals surface area contributed by atoms with Gasteiger partial charge in [0.25, 0.3) is 0 Å². The van der Waals surface area contributed by atoms with E-state index in [1.54, 1.807) is 0 Å². The zero-order valence-electron chi connectivity index (χ0n) is 40.5. The Balaban J connectivity index is 4.19. The summed E-state index contributed by atoms with van der Waals surface area (Å²) in [4.78, 5) is 25.4. The average molecular weight is 843 g/mol. The van der Waals surface area contributed by atoms with Crippen molar-refractivity contribution >= 4 is 11.9 Å². The fourth-order valence-corrected chi connectivity index (χ4v) is 7.66. The van der Waals surface area contributed by atoms with Crippen molar-refractivity contribution in [2.75, 3.05) is 19.8 Å². The Morgan fingerprint density at radius 3 is 1.18 bits per heavy atom. The normalized spacial score (nSPS) is 12.4. The van der Waals surface area contributed by atoms with E-state index in [0.717, 1.165) is 44.9 Å². The predicted molar refractivity (Wildman–Crippen MR) is 261 cm³/mol. The molecule has 0 amide bonds. The van der Waals surface area contributed by atoms with Crippen LogP contribution in [0.1, 0.15) is 278 Å². The summed E-state index contributed by atoms with van der Waals surface area (Å²) >= 11 is 0. The van der Waals surface area contributed by atoms with Crippen LogP contribution in [0, 0.1) is 0 Å². The van der Waals surface area contributed by atoms with Gasteiger partial charge in [0.2, 0.25) is 0 Å². The van der Waals surface area contributed by atoms with E-state index in [0.29, 0.717) is 19.4 Å². The molecule has 0 radical (unpaired) electrons. The monoisotopic (exact) mass is 843 g/mol. The molecule has 0 bridgehead atoms. The Morgan fingerprint density at radius 1 is 0.367 bits per heavy atom. The maximum Gasteiger partial charge on any atom is 0.306 e. The second kappa shape index (κ2) is 51.5. The average Bonchev–Trinajstić information content (AvgIpc) is 3.25. The standard InChI is InChI=1S/C55H102O5/c1-4-7-10-13-16-19-22-24-26-27-28-29-30-31-34-36-39-42-45-48-54(56)59-52-53(60-55(57)49-46-43-40-37-33-21-18-15-12-9-6-3)51-58-50-47-44-41-38-35-32-25-23-20-17-14-11-8-5-2/h11,14,20,23-24,26,53H,4-10,12-13,15-19,21-22,25,27-52H2,1-3H3/b14-11-,23-20-,26-24-. The molecule has 0 saturated heterocycles. The van der Waals surface area contributed by atoms with Gasteiger partial charge in [-0.2, -0.15) is 0 Å². The molecule has 0 heterocycles. The number of ether oxygens (including phenoxy) is 3. The summed E-state index contributed by atoms with van der Waals surface area (Å²) in [6.07, 6.45) is 61.5. The van der Waals surface area contributed by atoms with E-state index in [-0.39, 0.29) is 25.2 Å². The fourth-order valence-electron chi connectivity index (χ4n) is 7.66. The first-order valence-corrected chi connectivity index (χ1v) is 26.5. The largest absolute Gasteiger partial charge is 0.462 e. The van der Waals surface area contributed by atoms with Crippen LogP contribution in [0.3, 0.4) is 0 Å². The molecule has 5 heteroatoms. The van der Waals surface area contributed by atoms with Crippen LogP contribution in [-0.2, 0) is 23.8 Å². The number of hydrogen-bond donors (Lipinski definition) is 0. The number of allylic oxidation sites excluding steroid dienone is 6. The lowest BCUT2D eigenvalue weighted by Gasteiger charge is -2.18. The van der Waals surface area contributed by atoms with Crippen LogP contribution in [0.2, 0.25) is 0 Å². The molecule has 60 heavy (non-hydrogen) atoms. The zero-order valence-corrected chi connectivity index (χ0v) is 40.5. The van der Waals surface area contributed by atoms with Crippen LogP contribution >= 0.6 is 0 Å². The quantitative estimate of drug-likeness (QED) is 0.0347. The molecule has 1 unspecified atom stereocenters. The minimum absolute atomic E-state index is 0.0845. The van der Waals surface area contributed by atoms with Crippen molar-refractivity contribution in [2.45, 2.75) is 284 Å². The molecule has 0 aromatic heterocycles. The number of esters is 2. The first kappa shape index (κ1) is 58.1. The van der Waals surface area contributed by atoms with Crippen LogP contribution in [0.4, 0.5) is 0 Å². The highest BCUT2D eigenvalue weighted by Gasteiger charge is 2.17. The van der Waals surface area contributed by atoms with E-state index in [1.165, 1.54) is 199 Å². The molecule has 0 aliphatic heterocycles. The van der Waals surface area contributed by atoms with Gasteiger partial charge >= 0.3 is 11.9 Å². The number of unbranched alkanes of at least 4 members (excludes halogenated alkanes) is 32. The van der Waals surface area contributed by atoms with E-state index in [9.17, 15) is 9.59 Å². The summed E-state index contributed by atoms with van der Waals surface area (Å²) in [6.45, 7) is 7.77. The molecule has 0 saturated carbocycles. The molecule has 0 aliphatic rings. The minimum Gasteiger partial charge on any atom is -0.462 e. The minimum atomic E-state index is -0.537. The second-order valence-corrected chi connectivity index (χ2v) is 17.8. The highest BCUT2D eigenvalue weighted by molar-refractivity contribution is 5.70. The highest BCUT2D eigenvalue weighted by atomic mass is 16.6. The Morgan fingerprint density at radius 2 is 0.733 bits per heavy atom. The molecule has 1 atom stereocenters. The maximum atomic E-state index is 12.8. The lowest BCUT2D eigenvalue weighted by molar-refractivity contribution is -0.163. The van der Waals surface area contributed by atoms with E-state index < -0.39 is 6.10 Å². The fraction of sp³-hybridized carbons (Fsp3) is 0.855.